The first-order valence-electron chi connectivity index (χ1n) is 5.84. The second-order valence-electron chi connectivity index (χ2n) is 4.41. The molecule has 4 nitrogen and oxygen atoms in total. The Labute approximate surface area is 126 Å². The van der Waals surface area contributed by atoms with Crippen molar-refractivity contribution in [2.24, 2.45) is 0 Å². The van der Waals surface area contributed by atoms with Gasteiger partial charge < -0.3 is 0 Å². The van der Waals surface area contributed by atoms with Crippen LogP contribution in [0.15, 0.2) is 42.5 Å². The highest BCUT2D eigenvalue weighted by Gasteiger charge is 2.12. The molecular weight excluding hydrogens is 317 g/mol. The predicted octanol–water partition coefficient (Wildman–Crippen LogP) is 3.08. The number of hydrogen-bond donors (Lipinski definition) is 1. The normalized spacial score (nSPS) is 11.2. The molecule has 0 fully saturated rings. The molecule has 2 aromatic rings. The van der Waals surface area contributed by atoms with Crippen molar-refractivity contribution in [2.45, 2.75) is 0 Å². The highest BCUT2D eigenvalue weighted by atomic mass is 35.5. The van der Waals surface area contributed by atoms with Gasteiger partial charge in [-0.15, -0.1) is 0 Å². The van der Waals surface area contributed by atoms with Gasteiger partial charge in [-0.05, 0) is 42.5 Å². The molecule has 0 aromatic heterocycles. The average Bonchev–Trinajstić information content (AvgIpc) is 2.40. The van der Waals surface area contributed by atoms with E-state index in [9.17, 15) is 17.6 Å². The monoisotopic (exact) mass is 327 g/mol. The van der Waals surface area contributed by atoms with Gasteiger partial charge in [0.05, 0.1) is 11.3 Å². The minimum Gasteiger partial charge on any atom is -0.289 e. The molecular formula is C14H11ClFNO3S. The Morgan fingerprint density at radius 2 is 1.67 bits per heavy atom. The molecule has 0 aliphatic carbocycles. The number of carbonyl (C=O) groups excluding carboxylic acids is 1. The van der Waals surface area contributed by atoms with Crippen LogP contribution in [0.1, 0.15) is 15.9 Å². The van der Waals surface area contributed by atoms with Gasteiger partial charge in [-0.1, -0.05) is 11.6 Å². The third-order valence-electron chi connectivity index (χ3n) is 2.63. The Bertz CT molecular complexity index is 788. The van der Waals surface area contributed by atoms with E-state index in [1.807, 2.05) is 0 Å². The number of sulfonamides is 1. The average molecular weight is 328 g/mol. The molecule has 0 aliphatic rings. The molecule has 0 heterocycles. The molecule has 0 spiro atoms. The van der Waals surface area contributed by atoms with Crippen LogP contribution >= 0.6 is 11.6 Å². The van der Waals surface area contributed by atoms with Gasteiger partial charge in [0.25, 0.3) is 0 Å². The highest BCUT2D eigenvalue weighted by Crippen LogP contribution is 2.19. The summed E-state index contributed by atoms with van der Waals surface area (Å²) in [5.41, 5.74) is 0.827. The fourth-order valence-electron chi connectivity index (χ4n) is 1.71. The van der Waals surface area contributed by atoms with Gasteiger partial charge in [-0.25, -0.2) is 12.8 Å². The van der Waals surface area contributed by atoms with Gasteiger partial charge in [0.2, 0.25) is 10.0 Å². The van der Waals surface area contributed by atoms with E-state index < -0.39 is 15.8 Å². The quantitative estimate of drug-likeness (QED) is 0.878. The van der Waals surface area contributed by atoms with Crippen molar-refractivity contribution < 1.29 is 17.6 Å². The van der Waals surface area contributed by atoms with Crippen LogP contribution in [0.3, 0.4) is 0 Å². The molecule has 1 N–H and O–H groups in total. The number of benzene rings is 2. The van der Waals surface area contributed by atoms with E-state index in [4.69, 9.17) is 11.6 Å². The maximum atomic E-state index is 13.3. The van der Waals surface area contributed by atoms with Gasteiger partial charge in [-0.2, -0.15) is 0 Å². The van der Waals surface area contributed by atoms with E-state index in [2.05, 4.69) is 4.72 Å². The molecule has 0 bridgehead atoms. The Morgan fingerprint density at radius 3 is 2.19 bits per heavy atom. The van der Waals surface area contributed by atoms with Crippen LogP contribution < -0.4 is 4.72 Å². The van der Waals surface area contributed by atoms with Crippen molar-refractivity contribution in [1.29, 1.82) is 0 Å². The molecule has 2 rings (SSSR count). The zero-order valence-electron chi connectivity index (χ0n) is 10.9. The topological polar surface area (TPSA) is 63.2 Å². The number of carbonyl (C=O) groups is 1. The second-order valence-corrected chi connectivity index (χ2v) is 6.57. The largest absolute Gasteiger partial charge is 0.289 e. The van der Waals surface area contributed by atoms with Crippen LogP contribution in [0.25, 0.3) is 0 Å². The molecule has 0 saturated carbocycles. The summed E-state index contributed by atoms with van der Waals surface area (Å²) in [5, 5.41) is -0.0562. The minimum absolute atomic E-state index is 0.0562. The van der Waals surface area contributed by atoms with Crippen molar-refractivity contribution in [2.75, 3.05) is 11.0 Å². The summed E-state index contributed by atoms with van der Waals surface area (Å²) in [4.78, 5) is 12.2. The molecule has 110 valence electrons. The van der Waals surface area contributed by atoms with E-state index in [1.54, 1.807) is 0 Å². The van der Waals surface area contributed by atoms with Crippen molar-refractivity contribution >= 4 is 33.1 Å². The first kappa shape index (κ1) is 15.5. The molecule has 21 heavy (non-hydrogen) atoms. The lowest BCUT2D eigenvalue weighted by atomic mass is 10.0. The third kappa shape index (κ3) is 4.03. The maximum absolute atomic E-state index is 13.3. The third-order valence-corrected chi connectivity index (χ3v) is 3.55. The van der Waals surface area contributed by atoms with Gasteiger partial charge >= 0.3 is 0 Å². The summed E-state index contributed by atoms with van der Waals surface area (Å²) in [6.07, 6.45) is 1.03. The van der Waals surface area contributed by atoms with Crippen molar-refractivity contribution in [3.8, 4) is 0 Å². The highest BCUT2D eigenvalue weighted by molar-refractivity contribution is 7.92. The Balaban J connectivity index is 2.25. The van der Waals surface area contributed by atoms with Gasteiger partial charge in [0.15, 0.2) is 5.78 Å². The van der Waals surface area contributed by atoms with Crippen LogP contribution in [0.4, 0.5) is 10.1 Å². The number of halogens is 2. The molecule has 7 heteroatoms. The van der Waals surface area contributed by atoms with Crippen molar-refractivity contribution in [3.63, 3.8) is 0 Å². The zero-order valence-corrected chi connectivity index (χ0v) is 12.5. The summed E-state index contributed by atoms with van der Waals surface area (Å²) in [6.45, 7) is 0. The summed E-state index contributed by atoms with van der Waals surface area (Å²) in [7, 11) is -3.37. The fourth-order valence-corrected chi connectivity index (χ4v) is 2.39. The first-order chi connectivity index (χ1) is 9.76. The summed E-state index contributed by atoms with van der Waals surface area (Å²) >= 11 is 5.56. The Hall–Kier alpha value is -1.92. The molecule has 0 atom stereocenters. The molecule has 0 saturated heterocycles. The van der Waals surface area contributed by atoms with Crippen LogP contribution in [0.5, 0.6) is 0 Å². The van der Waals surface area contributed by atoms with Crippen LogP contribution in [0.2, 0.25) is 5.02 Å². The standard InChI is InChI=1S/C14H11ClFNO3S/c1-21(19,20)17-11-5-2-9(3-6-11)14(18)10-4-7-12(15)13(16)8-10/h2-8,17H,1H3. The Morgan fingerprint density at radius 1 is 1.10 bits per heavy atom. The zero-order chi connectivity index (χ0) is 15.6. The summed E-state index contributed by atoms with van der Waals surface area (Å²) in [5.74, 6) is -1.05. The molecule has 0 unspecified atom stereocenters. The smallest absolute Gasteiger partial charge is 0.229 e. The van der Waals surface area contributed by atoms with E-state index in [0.717, 1.165) is 12.3 Å². The number of rotatable bonds is 4. The summed E-state index contributed by atoms with van der Waals surface area (Å²) < 4.78 is 37.8. The Kier molecular flexibility index (Phi) is 4.29. The second kappa shape index (κ2) is 5.83. The lowest BCUT2D eigenvalue weighted by Crippen LogP contribution is -2.09. The number of hydrogen-bond acceptors (Lipinski definition) is 3. The van der Waals surface area contributed by atoms with E-state index in [1.165, 1.54) is 36.4 Å². The van der Waals surface area contributed by atoms with Crippen molar-refractivity contribution in [1.82, 2.24) is 0 Å². The molecule has 0 radical (unpaired) electrons. The molecule has 2 aromatic carbocycles. The van der Waals surface area contributed by atoms with E-state index >= 15 is 0 Å². The van der Waals surface area contributed by atoms with E-state index in [0.29, 0.717) is 11.3 Å². The van der Waals surface area contributed by atoms with Crippen LogP contribution in [-0.4, -0.2) is 20.5 Å². The van der Waals surface area contributed by atoms with Gasteiger partial charge in [0.1, 0.15) is 5.82 Å². The maximum Gasteiger partial charge on any atom is 0.229 e. The SMILES string of the molecule is CS(=O)(=O)Nc1ccc(C(=O)c2ccc(Cl)c(F)c2)cc1. The van der Waals surface area contributed by atoms with Crippen molar-refractivity contribution in [3.05, 3.63) is 64.4 Å². The number of nitrogens with one attached hydrogen (secondary N) is 1. The van der Waals surface area contributed by atoms with E-state index in [-0.39, 0.29) is 16.4 Å². The number of ketones is 1. The predicted molar refractivity (Wildman–Crippen MR) is 79.8 cm³/mol. The lowest BCUT2D eigenvalue weighted by Gasteiger charge is -2.06. The van der Waals surface area contributed by atoms with Gasteiger partial charge in [-0.3, -0.25) is 9.52 Å². The minimum atomic E-state index is -3.37. The molecule has 0 aliphatic heterocycles. The first-order valence-corrected chi connectivity index (χ1v) is 8.11. The molecule has 0 amide bonds. The van der Waals surface area contributed by atoms with Crippen LogP contribution in [0, 0.1) is 5.82 Å². The van der Waals surface area contributed by atoms with Crippen LogP contribution in [-0.2, 0) is 10.0 Å². The number of anilines is 1. The van der Waals surface area contributed by atoms with Gasteiger partial charge in [0, 0.05) is 16.8 Å². The fraction of sp³-hybridized carbons (Fsp3) is 0.0714. The lowest BCUT2D eigenvalue weighted by molar-refractivity contribution is 0.103. The summed E-state index contributed by atoms with van der Waals surface area (Å²) in [6, 6.07) is 9.64.